The molecular weight excluding hydrogens is 318 g/mol. The van der Waals surface area contributed by atoms with E-state index in [9.17, 15) is 9.59 Å². The quantitative estimate of drug-likeness (QED) is 0.808. The summed E-state index contributed by atoms with van der Waals surface area (Å²) in [5.41, 5.74) is 1.79. The molecular formula is C20H19NO4. The van der Waals surface area contributed by atoms with E-state index >= 15 is 0 Å². The summed E-state index contributed by atoms with van der Waals surface area (Å²) >= 11 is 0. The van der Waals surface area contributed by atoms with E-state index in [1.165, 1.54) is 12.1 Å². The van der Waals surface area contributed by atoms with Gasteiger partial charge in [0.05, 0.1) is 5.56 Å². The van der Waals surface area contributed by atoms with Crippen molar-refractivity contribution in [2.75, 3.05) is 5.32 Å². The Kier molecular flexibility index (Phi) is 5.45. The number of hydrogen-bond acceptors (Lipinski definition) is 3. The number of carbonyl (C=O) groups is 2. The normalized spacial score (nSPS) is 10.4. The summed E-state index contributed by atoms with van der Waals surface area (Å²) in [6.07, 6.45) is -0.509. The van der Waals surface area contributed by atoms with Crippen LogP contribution in [0.3, 0.4) is 0 Å². The SMILES string of the molecule is CC(C)(C)OC(=O)Nc1ccc(C#Cc2ccc(C(=O)O)cc2)cc1. The second-order valence-corrected chi connectivity index (χ2v) is 6.34. The van der Waals surface area contributed by atoms with Gasteiger partial charge in [0.1, 0.15) is 5.60 Å². The van der Waals surface area contributed by atoms with Gasteiger partial charge in [0.2, 0.25) is 0 Å². The van der Waals surface area contributed by atoms with Crippen molar-refractivity contribution in [2.45, 2.75) is 26.4 Å². The average Bonchev–Trinajstić information content (AvgIpc) is 2.53. The first-order valence-corrected chi connectivity index (χ1v) is 7.68. The molecule has 128 valence electrons. The molecule has 0 saturated carbocycles. The van der Waals surface area contributed by atoms with Crippen molar-refractivity contribution < 1.29 is 19.4 Å². The predicted molar refractivity (Wildman–Crippen MR) is 95.7 cm³/mol. The van der Waals surface area contributed by atoms with E-state index in [1.54, 1.807) is 57.2 Å². The molecule has 0 saturated heterocycles. The number of ether oxygens (including phenoxy) is 1. The molecule has 0 spiro atoms. The Morgan fingerprint density at radius 1 is 0.920 bits per heavy atom. The van der Waals surface area contributed by atoms with Crippen LogP contribution in [0.15, 0.2) is 48.5 Å². The van der Waals surface area contributed by atoms with E-state index in [2.05, 4.69) is 17.2 Å². The minimum atomic E-state index is -0.965. The van der Waals surface area contributed by atoms with Gasteiger partial charge in [-0.1, -0.05) is 11.8 Å². The van der Waals surface area contributed by atoms with Crippen LogP contribution in [-0.2, 0) is 4.74 Å². The lowest BCUT2D eigenvalue weighted by molar-refractivity contribution is 0.0634. The van der Waals surface area contributed by atoms with Crippen molar-refractivity contribution >= 4 is 17.7 Å². The van der Waals surface area contributed by atoms with Crippen LogP contribution in [0.1, 0.15) is 42.3 Å². The zero-order valence-electron chi connectivity index (χ0n) is 14.3. The van der Waals surface area contributed by atoms with E-state index in [0.29, 0.717) is 5.69 Å². The van der Waals surface area contributed by atoms with Crippen LogP contribution in [0.2, 0.25) is 0 Å². The van der Waals surface area contributed by atoms with Crippen LogP contribution < -0.4 is 5.32 Å². The smallest absolute Gasteiger partial charge is 0.412 e. The molecule has 0 fully saturated rings. The number of anilines is 1. The molecule has 2 aromatic rings. The van der Waals surface area contributed by atoms with E-state index in [0.717, 1.165) is 11.1 Å². The summed E-state index contributed by atoms with van der Waals surface area (Å²) in [6, 6.07) is 13.4. The zero-order chi connectivity index (χ0) is 18.4. The summed E-state index contributed by atoms with van der Waals surface area (Å²) < 4.78 is 5.18. The number of aromatic carboxylic acids is 1. The van der Waals surface area contributed by atoms with Gasteiger partial charge in [-0.2, -0.15) is 0 Å². The molecule has 2 aromatic carbocycles. The van der Waals surface area contributed by atoms with E-state index in [4.69, 9.17) is 9.84 Å². The number of carbonyl (C=O) groups excluding carboxylic acids is 1. The van der Waals surface area contributed by atoms with Crippen molar-refractivity contribution in [3.63, 3.8) is 0 Å². The van der Waals surface area contributed by atoms with Crippen LogP contribution in [0.4, 0.5) is 10.5 Å². The van der Waals surface area contributed by atoms with Crippen molar-refractivity contribution in [3.8, 4) is 11.8 Å². The fraction of sp³-hybridized carbons (Fsp3) is 0.200. The third kappa shape index (κ3) is 6.04. The lowest BCUT2D eigenvalue weighted by Crippen LogP contribution is -2.27. The van der Waals surface area contributed by atoms with Crippen molar-refractivity contribution in [2.24, 2.45) is 0 Å². The average molecular weight is 337 g/mol. The maximum absolute atomic E-state index is 11.7. The third-order valence-electron chi connectivity index (χ3n) is 3.01. The summed E-state index contributed by atoms with van der Waals surface area (Å²) in [6.45, 7) is 5.40. The summed E-state index contributed by atoms with van der Waals surface area (Å²) in [4.78, 5) is 22.5. The van der Waals surface area contributed by atoms with Gasteiger partial charge in [0.25, 0.3) is 0 Å². The van der Waals surface area contributed by atoms with Gasteiger partial charge in [-0.05, 0) is 69.3 Å². The van der Waals surface area contributed by atoms with Gasteiger partial charge in [-0.3, -0.25) is 5.32 Å². The second kappa shape index (κ2) is 7.54. The number of benzene rings is 2. The molecule has 2 N–H and O–H groups in total. The Morgan fingerprint density at radius 3 is 1.84 bits per heavy atom. The van der Waals surface area contributed by atoms with Gasteiger partial charge in [0.15, 0.2) is 0 Å². The Labute approximate surface area is 146 Å². The molecule has 0 bridgehead atoms. The highest BCUT2D eigenvalue weighted by Crippen LogP contribution is 2.13. The Morgan fingerprint density at radius 2 is 1.40 bits per heavy atom. The first-order chi connectivity index (χ1) is 11.7. The number of rotatable bonds is 2. The molecule has 0 aromatic heterocycles. The molecule has 5 nitrogen and oxygen atoms in total. The van der Waals surface area contributed by atoms with Gasteiger partial charge in [-0.15, -0.1) is 0 Å². The molecule has 0 unspecified atom stereocenters. The lowest BCUT2D eigenvalue weighted by Gasteiger charge is -2.19. The molecule has 25 heavy (non-hydrogen) atoms. The van der Waals surface area contributed by atoms with Crippen LogP contribution in [0.5, 0.6) is 0 Å². The van der Waals surface area contributed by atoms with Gasteiger partial charge in [0, 0.05) is 16.8 Å². The molecule has 5 heteroatoms. The molecule has 1 amide bonds. The predicted octanol–water partition coefficient (Wildman–Crippen LogP) is 4.13. The second-order valence-electron chi connectivity index (χ2n) is 6.34. The molecule has 0 aliphatic carbocycles. The minimum Gasteiger partial charge on any atom is -0.478 e. The summed E-state index contributed by atoms with van der Waals surface area (Å²) in [7, 11) is 0. The number of nitrogens with one attached hydrogen (secondary N) is 1. The first-order valence-electron chi connectivity index (χ1n) is 7.68. The van der Waals surface area contributed by atoms with Crippen molar-refractivity contribution in [3.05, 3.63) is 65.2 Å². The monoisotopic (exact) mass is 337 g/mol. The highest BCUT2D eigenvalue weighted by molar-refractivity contribution is 5.87. The van der Waals surface area contributed by atoms with Crippen LogP contribution in [-0.4, -0.2) is 22.8 Å². The number of carboxylic acids is 1. The number of carboxylic acid groups (broad SMARTS) is 1. The molecule has 0 atom stereocenters. The van der Waals surface area contributed by atoms with E-state index in [1.807, 2.05) is 0 Å². The van der Waals surface area contributed by atoms with Crippen LogP contribution in [0.25, 0.3) is 0 Å². The fourth-order valence-corrected chi connectivity index (χ4v) is 1.90. The highest BCUT2D eigenvalue weighted by Gasteiger charge is 2.15. The van der Waals surface area contributed by atoms with Gasteiger partial charge >= 0.3 is 12.1 Å². The highest BCUT2D eigenvalue weighted by atomic mass is 16.6. The molecule has 0 radical (unpaired) electrons. The maximum Gasteiger partial charge on any atom is 0.412 e. The third-order valence-corrected chi connectivity index (χ3v) is 3.01. The van der Waals surface area contributed by atoms with E-state index < -0.39 is 17.7 Å². The van der Waals surface area contributed by atoms with Gasteiger partial charge in [-0.25, -0.2) is 9.59 Å². The maximum atomic E-state index is 11.7. The molecule has 0 aliphatic heterocycles. The van der Waals surface area contributed by atoms with E-state index in [-0.39, 0.29) is 5.56 Å². The Balaban J connectivity index is 2.01. The molecule has 0 aliphatic rings. The summed E-state index contributed by atoms with van der Waals surface area (Å²) in [5.74, 6) is 4.99. The molecule has 2 rings (SSSR count). The van der Waals surface area contributed by atoms with Gasteiger partial charge < -0.3 is 9.84 Å². The largest absolute Gasteiger partial charge is 0.478 e. The van der Waals surface area contributed by atoms with Crippen molar-refractivity contribution in [1.82, 2.24) is 0 Å². The topological polar surface area (TPSA) is 75.6 Å². The van der Waals surface area contributed by atoms with Crippen LogP contribution in [0, 0.1) is 11.8 Å². The Hall–Kier alpha value is -3.26. The minimum absolute atomic E-state index is 0.225. The Bertz CT molecular complexity index is 819. The summed E-state index contributed by atoms with van der Waals surface area (Å²) in [5, 5.41) is 11.5. The molecule has 0 heterocycles. The zero-order valence-corrected chi connectivity index (χ0v) is 14.3. The number of amides is 1. The fourth-order valence-electron chi connectivity index (χ4n) is 1.90. The van der Waals surface area contributed by atoms with Crippen molar-refractivity contribution in [1.29, 1.82) is 0 Å². The standard InChI is InChI=1S/C20H19NO4/c1-20(2,3)25-19(24)21-17-12-8-15(9-13-17)5-4-14-6-10-16(11-7-14)18(22)23/h6-13H,1-3H3,(H,21,24)(H,22,23). The van der Waals surface area contributed by atoms with Crippen LogP contribution >= 0.6 is 0 Å². The number of hydrogen-bond donors (Lipinski definition) is 2. The first kappa shape index (κ1) is 18.1. The lowest BCUT2D eigenvalue weighted by atomic mass is 10.1.